The van der Waals surface area contributed by atoms with Gasteiger partial charge in [0.1, 0.15) is 6.07 Å². The van der Waals surface area contributed by atoms with E-state index < -0.39 is 0 Å². The number of nitrogens with zero attached hydrogens (tertiary/aromatic N) is 2. The van der Waals surface area contributed by atoms with Crippen molar-refractivity contribution in [3.63, 3.8) is 0 Å². The van der Waals surface area contributed by atoms with Crippen molar-refractivity contribution in [3.05, 3.63) is 57.9 Å². The third kappa shape index (κ3) is 3.05. The van der Waals surface area contributed by atoms with Crippen LogP contribution in [0.15, 0.2) is 24.3 Å². The van der Waals surface area contributed by atoms with E-state index in [0.29, 0.717) is 5.56 Å². The summed E-state index contributed by atoms with van der Waals surface area (Å²) >= 11 is 0. The highest BCUT2D eigenvalue weighted by molar-refractivity contribution is 5.61. The second-order valence-electron chi connectivity index (χ2n) is 5.55. The van der Waals surface area contributed by atoms with E-state index in [2.05, 4.69) is 36.3 Å². The first-order valence-electron chi connectivity index (χ1n) is 7.15. The summed E-state index contributed by atoms with van der Waals surface area (Å²) in [6, 6.07) is 10.4. The van der Waals surface area contributed by atoms with Crippen LogP contribution in [-0.4, -0.2) is 4.98 Å². The number of aryl methyl sites for hydroxylation is 4. The van der Waals surface area contributed by atoms with Gasteiger partial charge in [-0.2, -0.15) is 5.26 Å². The van der Waals surface area contributed by atoms with E-state index in [1.165, 1.54) is 11.1 Å². The molecule has 0 aliphatic carbocycles. The highest BCUT2D eigenvalue weighted by Gasteiger charge is 2.15. The van der Waals surface area contributed by atoms with Crippen LogP contribution in [0.4, 0.5) is 5.69 Å². The molecule has 21 heavy (non-hydrogen) atoms. The van der Waals surface area contributed by atoms with Gasteiger partial charge in [0.15, 0.2) is 0 Å². The third-order valence-corrected chi connectivity index (χ3v) is 3.77. The Labute approximate surface area is 126 Å². The van der Waals surface area contributed by atoms with Gasteiger partial charge in [-0.25, -0.2) is 0 Å². The summed E-state index contributed by atoms with van der Waals surface area (Å²) in [4.78, 5) is 4.55. The van der Waals surface area contributed by atoms with Crippen molar-refractivity contribution in [3.8, 4) is 6.07 Å². The number of benzene rings is 1. The van der Waals surface area contributed by atoms with Crippen molar-refractivity contribution >= 4 is 5.69 Å². The first-order valence-corrected chi connectivity index (χ1v) is 7.15. The highest BCUT2D eigenvalue weighted by Crippen LogP contribution is 2.27. The lowest BCUT2D eigenvalue weighted by Gasteiger charge is -2.21. The molecule has 108 valence electrons. The maximum atomic E-state index is 9.33. The molecular formula is C18H21N3. The molecule has 0 spiro atoms. The summed E-state index contributed by atoms with van der Waals surface area (Å²) in [7, 11) is 0. The summed E-state index contributed by atoms with van der Waals surface area (Å²) in [6.45, 7) is 10.2. The monoisotopic (exact) mass is 279 g/mol. The van der Waals surface area contributed by atoms with E-state index in [1.807, 2.05) is 39.0 Å². The lowest BCUT2D eigenvalue weighted by Crippen LogP contribution is -2.12. The quantitative estimate of drug-likeness (QED) is 0.908. The Kier molecular flexibility index (Phi) is 4.28. The van der Waals surface area contributed by atoms with Gasteiger partial charge in [-0.1, -0.05) is 12.1 Å². The first kappa shape index (κ1) is 15.1. The molecule has 0 fully saturated rings. The van der Waals surface area contributed by atoms with Crippen LogP contribution in [0, 0.1) is 39.0 Å². The Morgan fingerprint density at radius 1 is 1.14 bits per heavy atom. The van der Waals surface area contributed by atoms with Gasteiger partial charge in [0.25, 0.3) is 0 Å². The Morgan fingerprint density at radius 3 is 2.48 bits per heavy atom. The van der Waals surface area contributed by atoms with Crippen LogP contribution in [-0.2, 0) is 0 Å². The summed E-state index contributed by atoms with van der Waals surface area (Å²) in [5, 5.41) is 12.8. The van der Waals surface area contributed by atoms with E-state index in [-0.39, 0.29) is 6.04 Å². The zero-order valence-electron chi connectivity index (χ0n) is 13.3. The Morgan fingerprint density at radius 2 is 1.86 bits per heavy atom. The normalized spacial score (nSPS) is 11.8. The molecule has 1 unspecified atom stereocenters. The molecule has 0 bridgehead atoms. The number of aromatic nitrogens is 1. The minimum Gasteiger partial charge on any atom is -0.377 e. The fourth-order valence-electron chi connectivity index (χ4n) is 2.93. The number of hydrogen-bond donors (Lipinski definition) is 1. The lowest BCUT2D eigenvalue weighted by atomic mass is 9.99. The summed E-state index contributed by atoms with van der Waals surface area (Å²) < 4.78 is 0. The van der Waals surface area contributed by atoms with E-state index in [4.69, 9.17) is 0 Å². The second kappa shape index (κ2) is 5.97. The molecule has 3 nitrogen and oxygen atoms in total. The lowest BCUT2D eigenvalue weighted by molar-refractivity contribution is 0.842. The largest absolute Gasteiger partial charge is 0.377 e. The summed E-state index contributed by atoms with van der Waals surface area (Å²) in [5.41, 5.74) is 7.08. The predicted molar refractivity (Wildman–Crippen MR) is 86.4 cm³/mol. The van der Waals surface area contributed by atoms with Gasteiger partial charge in [-0.05, 0) is 63.4 Å². The molecule has 0 radical (unpaired) electrons. The molecule has 0 aliphatic heterocycles. The molecule has 2 rings (SSSR count). The molecule has 1 heterocycles. The van der Waals surface area contributed by atoms with Gasteiger partial charge >= 0.3 is 0 Å². The molecular weight excluding hydrogens is 258 g/mol. The maximum Gasteiger partial charge on any atom is 0.102 e. The SMILES string of the molecule is Cc1cc(C)c(C(C)Nc2cccc(C)c2C#N)c(C)n1. The Hall–Kier alpha value is -2.34. The molecule has 2 aromatic rings. The van der Waals surface area contributed by atoms with Crippen LogP contribution in [0.2, 0.25) is 0 Å². The molecule has 0 saturated heterocycles. The van der Waals surface area contributed by atoms with Crippen LogP contribution in [0.3, 0.4) is 0 Å². The minimum absolute atomic E-state index is 0.104. The molecule has 1 aromatic carbocycles. The maximum absolute atomic E-state index is 9.33. The van der Waals surface area contributed by atoms with Crippen molar-refractivity contribution in [1.82, 2.24) is 4.98 Å². The zero-order valence-corrected chi connectivity index (χ0v) is 13.3. The molecule has 3 heteroatoms. The number of nitriles is 1. The Balaban J connectivity index is 2.38. The van der Waals surface area contributed by atoms with Crippen LogP contribution < -0.4 is 5.32 Å². The second-order valence-corrected chi connectivity index (χ2v) is 5.55. The molecule has 1 aromatic heterocycles. The molecule has 0 aliphatic rings. The van der Waals surface area contributed by atoms with Gasteiger partial charge in [-0.3, -0.25) is 4.98 Å². The van der Waals surface area contributed by atoms with Crippen LogP contribution >= 0.6 is 0 Å². The van der Waals surface area contributed by atoms with Gasteiger partial charge in [0.05, 0.1) is 17.3 Å². The van der Waals surface area contributed by atoms with Gasteiger partial charge < -0.3 is 5.32 Å². The topological polar surface area (TPSA) is 48.7 Å². The first-order chi connectivity index (χ1) is 9.93. The van der Waals surface area contributed by atoms with Crippen molar-refractivity contribution in [2.75, 3.05) is 5.32 Å². The van der Waals surface area contributed by atoms with Crippen LogP contribution in [0.5, 0.6) is 0 Å². The highest BCUT2D eigenvalue weighted by atomic mass is 14.9. The van der Waals surface area contributed by atoms with Crippen molar-refractivity contribution in [1.29, 1.82) is 5.26 Å². The summed E-state index contributed by atoms with van der Waals surface area (Å²) in [6.07, 6.45) is 0. The van der Waals surface area contributed by atoms with E-state index >= 15 is 0 Å². The van der Waals surface area contributed by atoms with E-state index in [0.717, 1.165) is 22.6 Å². The number of rotatable bonds is 3. The van der Waals surface area contributed by atoms with Crippen molar-refractivity contribution < 1.29 is 0 Å². The average molecular weight is 279 g/mol. The van der Waals surface area contributed by atoms with Crippen molar-refractivity contribution in [2.45, 2.75) is 40.7 Å². The number of pyridine rings is 1. The smallest absolute Gasteiger partial charge is 0.102 e. The number of nitrogens with one attached hydrogen (secondary N) is 1. The molecule has 0 amide bonds. The standard InChI is InChI=1S/C18H21N3/c1-11-7-6-8-17(16(11)10-19)21-15(5)18-12(2)9-13(3)20-14(18)4/h6-9,15,21H,1-5H3. The van der Waals surface area contributed by atoms with Gasteiger partial charge in [-0.15, -0.1) is 0 Å². The Bertz CT molecular complexity index is 688. The van der Waals surface area contributed by atoms with Crippen molar-refractivity contribution in [2.24, 2.45) is 0 Å². The molecule has 1 atom stereocenters. The molecule has 1 N–H and O–H groups in total. The van der Waals surface area contributed by atoms with E-state index in [9.17, 15) is 5.26 Å². The summed E-state index contributed by atoms with van der Waals surface area (Å²) in [5.74, 6) is 0. The van der Waals surface area contributed by atoms with Gasteiger partial charge in [0, 0.05) is 11.4 Å². The third-order valence-electron chi connectivity index (χ3n) is 3.77. The predicted octanol–water partition coefficient (Wildman–Crippen LogP) is 4.36. The zero-order chi connectivity index (χ0) is 15.6. The van der Waals surface area contributed by atoms with Gasteiger partial charge in [0.2, 0.25) is 0 Å². The fraction of sp³-hybridized carbons (Fsp3) is 0.333. The van der Waals surface area contributed by atoms with Crippen LogP contribution in [0.1, 0.15) is 46.6 Å². The average Bonchev–Trinajstić information content (AvgIpc) is 2.37. The number of anilines is 1. The minimum atomic E-state index is 0.104. The number of hydrogen-bond acceptors (Lipinski definition) is 3. The van der Waals surface area contributed by atoms with E-state index in [1.54, 1.807) is 0 Å². The van der Waals surface area contributed by atoms with Crippen LogP contribution in [0.25, 0.3) is 0 Å². The fourth-order valence-corrected chi connectivity index (χ4v) is 2.93. The molecule has 0 saturated carbocycles.